The summed E-state index contributed by atoms with van der Waals surface area (Å²) in [6, 6.07) is 0. The Morgan fingerprint density at radius 2 is 1.18 bits per heavy atom. The van der Waals surface area contributed by atoms with E-state index in [1.54, 1.807) is 0 Å². The Balaban J connectivity index is 3.46. The normalized spacial score (nSPS) is 10.4. The number of carbonyl (C=O) groups is 5. The van der Waals surface area contributed by atoms with Crippen molar-refractivity contribution >= 4 is 151 Å². The van der Waals surface area contributed by atoms with Gasteiger partial charge in [-0.1, -0.05) is 47.8 Å². The van der Waals surface area contributed by atoms with Gasteiger partial charge in [0.15, 0.2) is 0 Å². The molecular weight excluding hydrogens is 987 g/mol. The van der Waals surface area contributed by atoms with Crippen molar-refractivity contribution < 1.29 is 24.0 Å². The van der Waals surface area contributed by atoms with Gasteiger partial charge in [0, 0.05) is 29.7 Å². The average Bonchev–Trinajstić information content (AvgIpc) is 2.79. The van der Waals surface area contributed by atoms with Crippen LogP contribution in [0.2, 0.25) is 0 Å². The number of halogens is 6. The lowest BCUT2D eigenvalue weighted by atomic mass is 10.1. The van der Waals surface area contributed by atoms with Crippen molar-refractivity contribution in [1.82, 2.24) is 15.5 Å². The van der Waals surface area contributed by atoms with Crippen LogP contribution in [0.3, 0.4) is 0 Å². The van der Waals surface area contributed by atoms with E-state index >= 15 is 0 Å². The molecule has 1 aromatic carbocycles. The van der Waals surface area contributed by atoms with Crippen molar-refractivity contribution in [3.63, 3.8) is 0 Å². The fourth-order valence-electron chi connectivity index (χ4n) is 2.58. The molecule has 5 N–H and O–H groups in total. The van der Waals surface area contributed by atoms with Crippen LogP contribution in [0, 0.1) is 10.7 Å². The van der Waals surface area contributed by atoms with Crippen molar-refractivity contribution in [2.24, 2.45) is 5.73 Å². The Hall–Kier alpha value is 0.200. The highest BCUT2D eigenvalue weighted by molar-refractivity contribution is 14.1. The molecule has 0 heterocycles. The lowest BCUT2D eigenvalue weighted by molar-refractivity contribution is -0.119. The molecule has 0 atom stereocenters. The average molecular weight is 1010 g/mol. The Kier molecular flexibility index (Phi) is 15.3. The fourth-order valence-corrected chi connectivity index (χ4v) is 7.54. The maximum Gasteiger partial charge on any atom is 0.256 e. The number of primary amides is 1. The number of anilines is 1. The van der Waals surface area contributed by atoms with Gasteiger partial charge >= 0.3 is 0 Å². The fraction of sp³-hybridized carbons (Fsp3) is 0.389. The predicted octanol–water partition coefficient (Wildman–Crippen LogP) is 2.40. The van der Waals surface area contributed by atoms with Crippen LogP contribution >= 0.6 is 116 Å². The van der Waals surface area contributed by atoms with Crippen LogP contribution in [-0.2, 0) is 14.4 Å². The minimum Gasteiger partial charge on any atom is -0.366 e. The van der Waals surface area contributed by atoms with Crippen LogP contribution in [0.4, 0.5) is 5.69 Å². The second-order valence-corrected chi connectivity index (χ2v) is 11.3. The molecule has 1 aromatic rings. The molecule has 0 spiro atoms. The molecule has 0 saturated carbocycles. The molecule has 0 aliphatic rings. The standard InChI is InChI=1S/C18H19Br3I3N5O5/c19-5-8(30)26-1-3-29(4-2-27-9(31)6-20)18(34)12-13(22)11(17(25)33)14(23)16(15(12)24)28-10(32)7-21/h1-7H2,(H2,25,33)(H,26,30)(H,27,31)(H,28,32). The third kappa shape index (κ3) is 9.25. The Bertz CT molecular complexity index is 961. The van der Waals surface area contributed by atoms with Crippen LogP contribution < -0.4 is 21.7 Å². The maximum atomic E-state index is 13.7. The first-order valence-electron chi connectivity index (χ1n) is 9.30. The largest absolute Gasteiger partial charge is 0.366 e. The molecule has 0 radical (unpaired) electrons. The smallest absolute Gasteiger partial charge is 0.256 e. The molecule has 1 rings (SSSR count). The zero-order valence-corrected chi connectivity index (χ0v) is 28.5. The van der Waals surface area contributed by atoms with E-state index in [1.807, 2.05) is 67.8 Å². The van der Waals surface area contributed by atoms with E-state index in [9.17, 15) is 24.0 Å². The number of rotatable bonds is 12. The zero-order valence-electron chi connectivity index (χ0n) is 17.3. The summed E-state index contributed by atoms with van der Waals surface area (Å²) in [7, 11) is 0. The molecule has 0 aromatic heterocycles. The molecule has 0 aliphatic carbocycles. The van der Waals surface area contributed by atoms with Gasteiger partial charge in [-0.15, -0.1) is 0 Å². The summed E-state index contributed by atoms with van der Waals surface area (Å²) in [5, 5.41) is 8.32. The van der Waals surface area contributed by atoms with E-state index in [4.69, 9.17) is 5.73 Å². The topological polar surface area (TPSA) is 151 Å². The van der Waals surface area contributed by atoms with E-state index in [0.717, 1.165) is 0 Å². The van der Waals surface area contributed by atoms with Crippen molar-refractivity contribution in [1.29, 1.82) is 0 Å². The molecule has 0 aliphatic heterocycles. The van der Waals surface area contributed by atoms with Gasteiger partial charge in [0.05, 0.1) is 39.9 Å². The number of nitrogens with two attached hydrogens (primary N) is 1. The van der Waals surface area contributed by atoms with Gasteiger partial charge in [-0.2, -0.15) is 0 Å². The van der Waals surface area contributed by atoms with Gasteiger partial charge < -0.3 is 26.6 Å². The first-order valence-corrected chi connectivity index (χ1v) is 15.9. The molecule has 188 valence electrons. The number of hydrogen-bond acceptors (Lipinski definition) is 5. The number of nitrogens with one attached hydrogen (secondary N) is 3. The monoisotopic (exact) mass is 1000 g/mol. The van der Waals surface area contributed by atoms with E-state index in [2.05, 4.69) is 63.7 Å². The SMILES string of the molecule is NC(=O)c1c(I)c(NC(=O)CBr)c(I)c(C(=O)N(CCNC(=O)CBr)CCNC(=O)CBr)c1I. The van der Waals surface area contributed by atoms with E-state index in [0.29, 0.717) is 16.4 Å². The number of alkyl halides is 3. The van der Waals surface area contributed by atoms with E-state index in [-0.39, 0.29) is 71.0 Å². The predicted molar refractivity (Wildman–Crippen MR) is 165 cm³/mol. The van der Waals surface area contributed by atoms with Crippen LogP contribution in [0.1, 0.15) is 20.7 Å². The van der Waals surface area contributed by atoms with E-state index in [1.165, 1.54) is 4.90 Å². The van der Waals surface area contributed by atoms with E-state index < -0.39 is 11.8 Å². The second-order valence-electron chi connectivity index (χ2n) is 6.37. The van der Waals surface area contributed by atoms with Gasteiger partial charge in [-0.05, 0) is 67.8 Å². The Morgan fingerprint density at radius 1 is 0.735 bits per heavy atom. The van der Waals surface area contributed by atoms with Crippen LogP contribution in [0.5, 0.6) is 0 Å². The molecule has 0 unspecified atom stereocenters. The summed E-state index contributed by atoms with van der Waals surface area (Å²) in [6.07, 6.45) is 0. The maximum absolute atomic E-state index is 13.7. The quantitative estimate of drug-likeness (QED) is 0.188. The zero-order chi connectivity index (χ0) is 26.0. The van der Waals surface area contributed by atoms with Gasteiger partial charge in [0.2, 0.25) is 17.7 Å². The Labute approximate surface area is 262 Å². The number of carbonyl (C=O) groups excluding carboxylic acids is 5. The highest BCUT2D eigenvalue weighted by atomic mass is 127. The summed E-state index contributed by atoms with van der Waals surface area (Å²) in [5.41, 5.74) is 6.22. The Morgan fingerprint density at radius 3 is 1.59 bits per heavy atom. The minimum atomic E-state index is -0.741. The third-order valence-electron chi connectivity index (χ3n) is 4.10. The minimum absolute atomic E-state index is 0.0208. The highest BCUT2D eigenvalue weighted by Gasteiger charge is 2.30. The van der Waals surface area contributed by atoms with Crippen molar-refractivity contribution in [3.8, 4) is 0 Å². The number of benzene rings is 1. The summed E-state index contributed by atoms with van der Waals surface area (Å²) >= 11 is 15.0. The first-order chi connectivity index (χ1) is 16.0. The number of nitrogens with zero attached hydrogens (tertiary/aromatic N) is 1. The molecule has 0 fully saturated rings. The first kappa shape index (κ1) is 32.2. The van der Waals surface area contributed by atoms with Gasteiger partial charge in [-0.3, -0.25) is 24.0 Å². The molecule has 5 amide bonds. The highest BCUT2D eigenvalue weighted by Crippen LogP contribution is 2.36. The lowest BCUT2D eigenvalue weighted by Crippen LogP contribution is -2.43. The van der Waals surface area contributed by atoms with Crippen LogP contribution in [0.15, 0.2) is 0 Å². The van der Waals surface area contributed by atoms with Gasteiger partial charge in [-0.25, -0.2) is 0 Å². The molecule has 0 bridgehead atoms. The number of hydrogen-bond donors (Lipinski definition) is 4. The summed E-state index contributed by atoms with van der Waals surface area (Å²) in [6.45, 7) is 0.649. The van der Waals surface area contributed by atoms with Crippen LogP contribution in [-0.4, -0.2) is 76.6 Å². The second kappa shape index (κ2) is 16.1. The van der Waals surface area contributed by atoms with Gasteiger partial charge in [0.25, 0.3) is 11.8 Å². The lowest BCUT2D eigenvalue weighted by Gasteiger charge is -2.26. The van der Waals surface area contributed by atoms with Crippen molar-refractivity contribution in [3.05, 3.63) is 21.8 Å². The molecule has 16 heteroatoms. The molecule has 34 heavy (non-hydrogen) atoms. The van der Waals surface area contributed by atoms with Crippen molar-refractivity contribution in [2.45, 2.75) is 0 Å². The van der Waals surface area contributed by atoms with Crippen molar-refractivity contribution in [2.75, 3.05) is 47.5 Å². The number of amides is 5. The summed E-state index contributed by atoms with van der Waals surface area (Å²) in [4.78, 5) is 62.6. The van der Waals surface area contributed by atoms with Crippen LogP contribution in [0.25, 0.3) is 0 Å². The molecule has 0 saturated heterocycles. The summed E-state index contributed by atoms with van der Waals surface area (Å²) in [5.74, 6) is -2.03. The summed E-state index contributed by atoms with van der Waals surface area (Å²) < 4.78 is 1.21. The third-order valence-corrected chi connectivity index (χ3v) is 8.86. The molecular formula is C18H19Br3I3N5O5. The van der Waals surface area contributed by atoms with Gasteiger partial charge in [0.1, 0.15) is 0 Å². The molecule has 10 nitrogen and oxygen atoms in total.